The summed E-state index contributed by atoms with van der Waals surface area (Å²) >= 11 is 0. The van der Waals surface area contributed by atoms with Gasteiger partial charge in [-0.3, -0.25) is 0 Å². The van der Waals surface area contributed by atoms with Crippen LogP contribution >= 0.6 is 0 Å². The Morgan fingerprint density at radius 1 is 1.25 bits per heavy atom. The van der Waals surface area contributed by atoms with Crippen LogP contribution in [0.1, 0.15) is 18.9 Å². The maximum Gasteiger partial charge on any atom is 0.119 e. The van der Waals surface area contributed by atoms with E-state index in [1.165, 1.54) is 5.56 Å². The standard InChI is InChI=1S/C13H20O3/c1-11(15-2)10-12-4-6-13(7-5-12)16-9-3-8-14/h4-7,11,14H,3,8-10H2,1-2H3/t11-/m0/s1. The van der Waals surface area contributed by atoms with E-state index in [9.17, 15) is 0 Å². The molecule has 0 radical (unpaired) electrons. The number of ether oxygens (including phenoxy) is 2. The first-order valence-corrected chi connectivity index (χ1v) is 5.61. The summed E-state index contributed by atoms with van der Waals surface area (Å²) in [6.07, 6.45) is 1.82. The predicted octanol–water partition coefficient (Wildman–Crippen LogP) is 2.03. The molecule has 0 bridgehead atoms. The molecule has 0 unspecified atom stereocenters. The molecule has 1 N–H and O–H groups in total. The van der Waals surface area contributed by atoms with Gasteiger partial charge in [0.1, 0.15) is 5.75 Å². The van der Waals surface area contributed by atoms with Gasteiger partial charge in [-0.1, -0.05) is 12.1 Å². The van der Waals surface area contributed by atoms with Crippen molar-refractivity contribution in [3.8, 4) is 5.75 Å². The Morgan fingerprint density at radius 2 is 1.94 bits per heavy atom. The van der Waals surface area contributed by atoms with Crippen LogP contribution in [0.4, 0.5) is 0 Å². The number of rotatable bonds is 7. The number of aliphatic hydroxyl groups is 1. The molecule has 0 amide bonds. The monoisotopic (exact) mass is 224 g/mol. The zero-order valence-electron chi connectivity index (χ0n) is 9.98. The lowest BCUT2D eigenvalue weighted by molar-refractivity contribution is 0.119. The molecular formula is C13H20O3. The quantitative estimate of drug-likeness (QED) is 0.720. The smallest absolute Gasteiger partial charge is 0.119 e. The van der Waals surface area contributed by atoms with Gasteiger partial charge in [-0.15, -0.1) is 0 Å². The van der Waals surface area contributed by atoms with Crippen LogP contribution in [-0.2, 0) is 11.2 Å². The summed E-state index contributed by atoms with van der Waals surface area (Å²) in [7, 11) is 1.72. The molecule has 1 rings (SSSR count). The van der Waals surface area contributed by atoms with Crippen molar-refractivity contribution < 1.29 is 14.6 Å². The Morgan fingerprint density at radius 3 is 2.50 bits per heavy atom. The second-order valence-corrected chi connectivity index (χ2v) is 3.82. The highest BCUT2D eigenvalue weighted by Crippen LogP contribution is 2.14. The highest BCUT2D eigenvalue weighted by molar-refractivity contribution is 5.27. The third-order valence-corrected chi connectivity index (χ3v) is 2.42. The van der Waals surface area contributed by atoms with Crippen LogP contribution in [0, 0.1) is 0 Å². The summed E-state index contributed by atoms with van der Waals surface area (Å²) in [5.41, 5.74) is 1.24. The molecule has 3 nitrogen and oxygen atoms in total. The van der Waals surface area contributed by atoms with E-state index in [-0.39, 0.29) is 12.7 Å². The second kappa shape index (κ2) is 7.25. The van der Waals surface area contributed by atoms with Crippen molar-refractivity contribution in [3.63, 3.8) is 0 Å². The van der Waals surface area contributed by atoms with E-state index >= 15 is 0 Å². The second-order valence-electron chi connectivity index (χ2n) is 3.82. The van der Waals surface area contributed by atoms with Crippen LogP contribution in [-0.4, -0.2) is 31.5 Å². The topological polar surface area (TPSA) is 38.7 Å². The van der Waals surface area contributed by atoms with Gasteiger partial charge in [-0.2, -0.15) is 0 Å². The van der Waals surface area contributed by atoms with E-state index in [1.54, 1.807) is 7.11 Å². The van der Waals surface area contributed by atoms with Crippen LogP contribution < -0.4 is 4.74 Å². The fourth-order valence-electron chi connectivity index (χ4n) is 1.39. The van der Waals surface area contributed by atoms with Gasteiger partial charge in [0.05, 0.1) is 12.7 Å². The minimum absolute atomic E-state index is 0.170. The largest absolute Gasteiger partial charge is 0.494 e. The van der Waals surface area contributed by atoms with Gasteiger partial charge in [-0.25, -0.2) is 0 Å². The van der Waals surface area contributed by atoms with Crippen LogP contribution in [0.3, 0.4) is 0 Å². The van der Waals surface area contributed by atoms with Crippen LogP contribution in [0.15, 0.2) is 24.3 Å². The Balaban J connectivity index is 2.41. The normalized spacial score (nSPS) is 12.4. The Hall–Kier alpha value is -1.06. The molecule has 3 heteroatoms. The van der Waals surface area contributed by atoms with Gasteiger partial charge in [0.25, 0.3) is 0 Å². The molecular weight excluding hydrogens is 204 g/mol. The molecule has 0 heterocycles. The lowest BCUT2D eigenvalue weighted by Crippen LogP contribution is -2.08. The molecule has 0 fully saturated rings. The zero-order valence-corrected chi connectivity index (χ0v) is 9.98. The van der Waals surface area contributed by atoms with Crippen molar-refractivity contribution in [2.24, 2.45) is 0 Å². The summed E-state index contributed by atoms with van der Waals surface area (Å²) in [4.78, 5) is 0. The molecule has 0 saturated carbocycles. The molecule has 16 heavy (non-hydrogen) atoms. The van der Waals surface area contributed by atoms with E-state index in [0.29, 0.717) is 13.0 Å². The maximum atomic E-state index is 8.62. The highest BCUT2D eigenvalue weighted by Gasteiger charge is 2.01. The number of methoxy groups -OCH3 is 1. The summed E-state index contributed by atoms with van der Waals surface area (Å²) in [6, 6.07) is 8.00. The lowest BCUT2D eigenvalue weighted by Gasteiger charge is -2.10. The molecule has 0 aliphatic heterocycles. The van der Waals surface area contributed by atoms with Gasteiger partial charge in [-0.05, 0) is 31.0 Å². The van der Waals surface area contributed by atoms with Crippen molar-refractivity contribution in [2.75, 3.05) is 20.3 Å². The predicted molar refractivity (Wildman–Crippen MR) is 63.8 cm³/mol. The Labute approximate surface area is 97.0 Å². The molecule has 90 valence electrons. The molecule has 1 aromatic rings. The first-order chi connectivity index (χ1) is 7.76. The van der Waals surface area contributed by atoms with Gasteiger partial charge in [0.15, 0.2) is 0 Å². The molecule has 0 aliphatic rings. The molecule has 1 aromatic carbocycles. The Kier molecular flexibility index (Phi) is 5.90. The van der Waals surface area contributed by atoms with Crippen molar-refractivity contribution in [3.05, 3.63) is 29.8 Å². The number of benzene rings is 1. The van der Waals surface area contributed by atoms with Crippen LogP contribution in [0.25, 0.3) is 0 Å². The van der Waals surface area contributed by atoms with E-state index in [2.05, 4.69) is 0 Å². The molecule has 0 aromatic heterocycles. The Bertz CT molecular complexity index is 282. The van der Waals surface area contributed by atoms with Crippen molar-refractivity contribution in [1.82, 2.24) is 0 Å². The van der Waals surface area contributed by atoms with Gasteiger partial charge in [0.2, 0.25) is 0 Å². The van der Waals surface area contributed by atoms with Gasteiger partial charge >= 0.3 is 0 Å². The zero-order chi connectivity index (χ0) is 11.8. The fourth-order valence-corrected chi connectivity index (χ4v) is 1.39. The summed E-state index contributed by atoms with van der Waals surface area (Å²) in [5.74, 6) is 0.849. The number of hydrogen-bond acceptors (Lipinski definition) is 3. The first-order valence-electron chi connectivity index (χ1n) is 5.61. The molecule has 0 saturated heterocycles. The maximum absolute atomic E-state index is 8.62. The fraction of sp³-hybridized carbons (Fsp3) is 0.538. The number of hydrogen-bond donors (Lipinski definition) is 1. The first kappa shape index (κ1) is 13.0. The van der Waals surface area contributed by atoms with Crippen molar-refractivity contribution in [2.45, 2.75) is 25.9 Å². The van der Waals surface area contributed by atoms with E-state index in [0.717, 1.165) is 12.2 Å². The average Bonchev–Trinajstić information content (AvgIpc) is 2.31. The summed E-state index contributed by atoms with van der Waals surface area (Å²) < 4.78 is 10.6. The highest BCUT2D eigenvalue weighted by atomic mass is 16.5. The van der Waals surface area contributed by atoms with Gasteiger partial charge < -0.3 is 14.6 Å². The van der Waals surface area contributed by atoms with Crippen molar-refractivity contribution >= 4 is 0 Å². The van der Waals surface area contributed by atoms with Crippen LogP contribution in [0.2, 0.25) is 0 Å². The molecule has 0 spiro atoms. The SMILES string of the molecule is CO[C@@H](C)Cc1ccc(OCCCO)cc1. The van der Waals surface area contributed by atoms with E-state index < -0.39 is 0 Å². The minimum Gasteiger partial charge on any atom is -0.494 e. The molecule has 0 aliphatic carbocycles. The summed E-state index contributed by atoms with van der Waals surface area (Å²) in [6.45, 7) is 2.78. The van der Waals surface area contributed by atoms with E-state index in [1.807, 2.05) is 31.2 Å². The average molecular weight is 224 g/mol. The minimum atomic E-state index is 0.170. The van der Waals surface area contributed by atoms with E-state index in [4.69, 9.17) is 14.6 Å². The van der Waals surface area contributed by atoms with Crippen molar-refractivity contribution in [1.29, 1.82) is 0 Å². The molecule has 1 atom stereocenters. The third-order valence-electron chi connectivity index (χ3n) is 2.42. The summed E-state index contributed by atoms with van der Waals surface area (Å²) in [5, 5.41) is 8.62. The third kappa shape index (κ3) is 4.64. The van der Waals surface area contributed by atoms with Gasteiger partial charge in [0, 0.05) is 20.1 Å². The van der Waals surface area contributed by atoms with Crippen LogP contribution in [0.5, 0.6) is 5.75 Å². The lowest BCUT2D eigenvalue weighted by atomic mass is 10.1. The number of aliphatic hydroxyl groups excluding tert-OH is 1.